The zero-order chi connectivity index (χ0) is 22.9. The molecule has 0 aliphatic rings. The molecule has 0 atom stereocenters. The summed E-state index contributed by atoms with van der Waals surface area (Å²) in [6, 6.07) is 38.4. The van der Waals surface area contributed by atoms with Crippen LogP contribution in [0.25, 0.3) is 56.3 Å². The molecule has 34 heavy (non-hydrogen) atoms. The van der Waals surface area contributed by atoms with Crippen LogP contribution in [0, 0.1) is 0 Å². The molecule has 0 fully saturated rings. The van der Waals surface area contributed by atoms with Crippen LogP contribution in [0.15, 0.2) is 115 Å². The number of fused-ring (bicyclic) bond motifs is 3. The van der Waals surface area contributed by atoms with E-state index in [0.717, 1.165) is 16.8 Å². The van der Waals surface area contributed by atoms with Gasteiger partial charge < -0.3 is 4.57 Å². The third-order valence-electron chi connectivity index (χ3n) is 6.48. The van der Waals surface area contributed by atoms with Crippen molar-refractivity contribution in [2.24, 2.45) is 7.05 Å². The molecule has 0 unspecified atom stereocenters. The van der Waals surface area contributed by atoms with Gasteiger partial charge in [-0.05, 0) is 46.5 Å². The third kappa shape index (κ3) is 3.60. The molecule has 0 aliphatic carbocycles. The van der Waals surface area contributed by atoms with Gasteiger partial charge in [-0.25, -0.2) is 0 Å². The van der Waals surface area contributed by atoms with Gasteiger partial charge >= 0.3 is 0 Å². The molecule has 0 N–H and O–H groups in total. The van der Waals surface area contributed by atoms with Crippen molar-refractivity contribution in [2.45, 2.75) is 0 Å². The van der Waals surface area contributed by atoms with Crippen LogP contribution >= 0.6 is 0 Å². The molecule has 2 heteroatoms. The Kier molecular flexibility index (Phi) is 5.04. The highest BCUT2D eigenvalue weighted by molar-refractivity contribution is 6.08. The molecule has 0 saturated carbocycles. The van der Waals surface area contributed by atoms with Gasteiger partial charge in [-0.1, -0.05) is 97.1 Å². The molecular weight excluding hydrogens is 412 g/mol. The van der Waals surface area contributed by atoms with E-state index >= 15 is 0 Å². The molecule has 0 saturated heterocycles. The van der Waals surface area contributed by atoms with E-state index in [4.69, 9.17) is 4.98 Å². The Labute approximate surface area is 199 Å². The Bertz CT molecular complexity index is 1660. The Morgan fingerprint density at radius 3 is 2.12 bits per heavy atom. The number of benzene rings is 4. The van der Waals surface area contributed by atoms with Crippen molar-refractivity contribution < 1.29 is 0 Å². The fourth-order valence-corrected chi connectivity index (χ4v) is 4.75. The maximum absolute atomic E-state index is 4.69. The molecule has 0 amide bonds. The van der Waals surface area contributed by atoms with Crippen LogP contribution < -0.4 is 0 Å². The summed E-state index contributed by atoms with van der Waals surface area (Å²) in [5.74, 6) is 0. The van der Waals surface area contributed by atoms with Crippen molar-refractivity contribution in [3.8, 4) is 22.4 Å². The molecular formula is C32H24N2. The van der Waals surface area contributed by atoms with E-state index in [9.17, 15) is 0 Å². The minimum atomic E-state index is 0.978. The lowest BCUT2D eigenvalue weighted by molar-refractivity contribution is 1.01. The molecule has 6 aromatic rings. The number of pyridine rings is 1. The van der Waals surface area contributed by atoms with Crippen LogP contribution in [0.3, 0.4) is 0 Å². The Morgan fingerprint density at radius 1 is 0.588 bits per heavy atom. The smallest absolute Gasteiger partial charge is 0.0714 e. The van der Waals surface area contributed by atoms with Crippen LogP contribution in [0.2, 0.25) is 0 Å². The number of hydrogen-bond donors (Lipinski definition) is 0. The Balaban J connectivity index is 1.36. The van der Waals surface area contributed by atoms with Crippen LogP contribution in [-0.2, 0) is 7.05 Å². The first-order valence-corrected chi connectivity index (χ1v) is 11.5. The highest BCUT2D eigenvalue weighted by atomic mass is 14.9. The Morgan fingerprint density at radius 2 is 1.26 bits per heavy atom. The first-order valence-electron chi connectivity index (χ1n) is 11.5. The predicted molar refractivity (Wildman–Crippen MR) is 144 cm³/mol. The topological polar surface area (TPSA) is 17.8 Å². The minimum Gasteiger partial charge on any atom is -0.344 e. The summed E-state index contributed by atoms with van der Waals surface area (Å²) in [6.45, 7) is 0. The molecule has 2 aromatic heterocycles. The highest BCUT2D eigenvalue weighted by Crippen LogP contribution is 2.32. The maximum Gasteiger partial charge on any atom is 0.0714 e. The third-order valence-corrected chi connectivity index (χ3v) is 6.48. The van der Waals surface area contributed by atoms with Crippen molar-refractivity contribution >= 4 is 34.0 Å². The summed E-state index contributed by atoms with van der Waals surface area (Å²) in [5.41, 5.74) is 9.32. The van der Waals surface area contributed by atoms with Gasteiger partial charge in [0.05, 0.1) is 5.69 Å². The fourth-order valence-electron chi connectivity index (χ4n) is 4.75. The largest absolute Gasteiger partial charge is 0.344 e. The van der Waals surface area contributed by atoms with E-state index < -0.39 is 0 Å². The van der Waals surface area contributed by atoms with Gasteiger partial charge in [0.15, 0.2) is 0 Å². The van der Waals surface area contributed by atoms with E-state index in [1.165, 1.54) is 38.5 Å². The van der Waals surface area contributed by atoms with Gasteiger partial charge in [-0.15, -0.1) is 0 Å². The number of hydrogen-bond acceptors (Lipinski definition) is 1. The van der Waals surface area contributed by atoms with Gasteiger partial charge in [-0.3, -0.25) is 4.98 Å². The molecule has 0 spiro atoms. The minimum absolute atomic E-state index is 0.978. The van der Waals surface area contributed by atoms with E-state index in [-0.39, 0.29) is 0 Å². The molecule has 4 aromatic carbocycles. The Hall–Kier alpha value is -4.43. The molecule has 6 rings (SSSR count). The first kappa shape index (κ1) is 20.2. The zero-order valence-electron chi connectivity index (χ0n) is 19.0. The standard InChI is InChI=1S/C32H24N2/c1-34-31-14-8-7-13-28(31)29-18-17-23(22-32(29)34)15-16-24-19-20-33-30(21-24)27-12-6-5-11-26(27)25-9-3-2-4-10-25/h2-22H,1H3/b16-15+. The number of aromatic nitrogens is 2. The molecule has 0 radical (unpaired) electrons. The normalized spacial score (nSPS) is 11.6. The molecule has 2 heterocycles. The van der Waals surface area contributed by atoms with E-state index in [1.54, 1.807) is 0 Å². The van der Waals surface area contributed by atoms with Crippen LogP contribution in [0.4, 0.5) is 0 Å². The summed E-state index contributed by atoms with van der Waals surface area (Å²) in [5, 5.41) is 2.59. The highest BCUT2D eigenvalue weighted by Gasteiger charge is 2.09. The summed E-state index contributed by atoms with van der Waals surface area (Å²) in [6.07, 6.45) is 6.24. The summed E-state index contributed by atoms with van der Waals surface area (Å²) < 4.78 is 2.27. The predicted octanol–water partition coefficient (Wildman–Crippen LogP) is 8.23. The maximum atomic E-state index is 4.69. The number of nitrogens with zero attached hydrogens (tertiary/aromatic N) is 2. The first-order chi connectivity index (χ1) is 16.8. The van der Waals surface area contributed by atoms with E-state index in [2.05, 4.69) is 127 Å². The lowest BCUT2D eigenvalue weighted by atomic mass is 9.97. The van der Waals surface area contributed by atoms with E-state index in [0.29, 0.717) is 0 Å². The fraction of sp³-hybridized carbons (Fsp3) is 0.0312. The molecule has 0 bridgehead atoms. The van der Waals surface area contributed by atoms with Crippen molar-refractivity contribution in [3.63, 3.8) is 0 Å². The average Bonchev–Trinajstić information content (AvgIpc) is 3.19. The molecule has 0 aliphatic heterocycles. The van der Waals surface area contributed by atoms with Crippen LogP contribution in [-0.4, -0.2) is 9.55 Å². The summed E-state index contributed by atoms with van der Waals surface area (Å²) in [4.78, 5) is 4.69. The molecule has 162 valence electrons. The number of para-hydroxylation sites is 1. The second kappa shape index (κ2) is 8.49. The van der Waals surface area contributed by atoms with Crippen molar-refractivity contribution in [3.05, 3.63) is 127 Å². The second-order valence-electron chi connectivity index (χ2n) is 8.57. The van der Waals surface area contributed by atoms with Gasteiger partial charge in [0.25, 0.3) is 0 Å². The van der Waals surface area contributed by atoms with Gasteiger partial charge in [0.1, 0.15) is 0 Å². The number of aryl methyl sites for hydroxylation is 1. The lowest BCUT2D eigenvalue weighted by Crippen LogP contribution is -1.88. The van der Waals surface area contributed by atoms with Gasteiger partial charge in [-0.2, -0.15) is 0 Å². The van der Waals surface area contributed by atoms with Gasteiger partial charge in [0.2, 0.25) is 0 Å². The summed E-state index contributed by atoms with van der Waals surface area (Å²) >= 11 is 0. The number of rotatable bonds is 4. The zero-order valence-corrected chi connectivity index (χ0v) is 19.0. The monoisotopic (exact) mass is 436 g/mol. The van der Waals surface area contributed by atoms with Crippen molar-refractivity contribution in [1.29, 1.82) is 0 Å². The van der Waals surface area contributed by atoms with Gasteiger partial charge in [0, 0.05) is 40.6 Å². The lowest BCUT2D eigenvalue weighted by Gasteiger charge is -2.10. The van der Waals surface area contributed by atoms with Crippen LogP contribution in [0.1, 0.15) is 11.1 Å². The van der Waals surface area contributed by atoms with E-state index in [1.807, 2.05) is 12.3 Å². The SMILES string of the molecule is Cn1c2ccccc2c2ccc(/C=C/c3ccnc(-c4ccccc4-c4ccccc4)c3)cc21. The average molecular weight is 437 g/mol. The quantitative estimate of drug-likeness (QED) is 0.272. The second-order valence-corrected chi connectivity index (χ2v) is 8.57. The van der Waals surface area contributed by atoms with Crippen molar-refractivity contribution in [1.82, 2.24) is 9.55 Å². The van der Waals surface area contributed by atoms with Crippen molar-refractivity contribution in [2.75, 3.05) is 0 Å². The van der Waals surface area contributed by atoms with Crippen LogP contribution in [0.5, 0.6) is 0 Å². The summed E-state index contributed by atoms with van der Waals surface area (Å²) in [7, 11) is 2.14. The molecule has 2 nitrogen and oxygen atoms in total.